The van der Waals surface area contributed by atoms with E-state index in [0.29, 0.717) is 71.9 Å². The Bertz CT molecular complexity index is 1290. The maximum atomic E-state index is 13.4. The van der Waals surface area contributed by atoms with Crippen LogP contribution in [0.1, 0.15) is 40.7 Å². The lowest BCUT2D eigenvalue weighted by molar-refractivity contribution is -0.134. The Labute approximate surface area is 239 Å². The van der Waals surface area contributed by atoms with E-state index in [1.54, 1.807) is 23.1 Å². The van der Waals surface area contributed by atoms with Crippen molar-refractivity contribution in [1.29, 1.82) is 0 Å². The van der Waals surface area contributed by atoms with E-state index in [4.69, 9.17) is 39.5 Å². The van der Waals surface area contributed by atoms with Crippen molar-refractivity contribution < 1.29 is 14.3 Å². The number of ether oxygens (including phenoxy) is 1. The molecule has 2 amide bonds. The summed E-state index contributed by atoms with van der Waals surface area (Å²) in [6.45, 7) is 3.86. The van der Waals surface area contributed by atoms with Crippen molar-refractivity contribution in [2.24, 2.45) is 5.41 Å². The minimum atomic E-state index is -0.413. The highest BCUT2D eigenvalue weighted by Crippen LogP contribution is 2.37. The summed E-state index contributed by atoms with van der Waals surface area (Å²) in [6.07, 6.45) is 1.60. The first-order valence-electron chi connectivity index (χ1n) is 12.6. The van der Waals surface area contributed by atoms with Gasteiger partial charge in [0.05, 0.1) is 16.7 Å². The van der Waals surface area contributed by atoms with Gasteiger partial charge in [0.1, 0.15) is 5.75 Å². The van der Waals surface area contributed by atoms with Crippen molar-refractivity contribution in [3.63, 3.8) is 0 Å². The largest absolute Gasteiger partial charge is 0.493 e. The van der Waals surface area contributed by atoms with Gasteiger partial charge in [-0.3, -0.25) is 9.59 Å². The Morgan fingerprint density at radius 1 is 0.921 bits per heavy atom. The molecule has 1 heterocycles. The van der Waals surface area contributed by atoms with Crippen LogP contribution >= 0.6 is 34.8 Å². The lowest BCUT2D eigenvalue weighted by Gasteiger charge is -2.42. The molecule has 1 aliphatic rings. The summed E-state index contributed by atoms with van der Waals surface area (Å²) < 4.78 is 6.23. The van der Waals surface area contributed by atoms with Gasteiger partial charge < -0.3 is 14.5 Å². The third-order valence-corrected chi connectivity index (χ3v) is 8.33. The molecule has 3 aromatic carbocycles. The number of hydrogen-bond acceptors (Lipinski definition) is 3. The van der Waals surface area contributed by atoms with Crippen molar-refractivity contribution in [1.82, 2.24) is 9.80 Å². The summed E-state index contributed by atoms with van der Waals surface area (Å²) >= 11 is 18.3. The highest BCUT2D eigenvalue weighted by molar-refractivity contribution is 6.42. The molecule has 0 aromatic heterocycles. The Balaban J connectivity index is 1.47. The molecule has 0 aliphatic carbocycles. The van der Waals surface area contributed by atoms with Crippen LogP contribution in [0.3, 0.4) is 0 Å². The molecule has 1 saturated heterocycles. The van der Waals surface area contributed by atoms with Crippen LogP contribution in [0.25, 0.3) is 0 Å². The first kappa shape index (κ1) is 28.3. The molecule has 0 saturated carbocycles. The number of rotatable bonds is 8. The fourth-order valence-corrected chi connectivity index (χ4v) is 5.13. The lowest BCUT2D eigenvalue weighted by atomic mass is 9.75. The molecule has 3 aromatic rings. The van der Waals surface area contributed by atoms with Crippen molar-refractivity contribution in [3.05, 3.63) is 98.5 Å². The van der Waals surface area contributed by atoms with Crippen LogP contribution in [0.15, 0.2) is 66.7 Å². The molecule has 8 heteroatoms. The lowest BCUT2D eigenvalue weighted by Crippen LogP contribution is -2.47. The first-order chi connectivity index (χ1) is 18.2. The zero-order valence-electron chi connectivity index (χ0n) is 21.6. The Kier molecular flexibility index (Phi) is 9.24. The number of carbonyl (C=O) groups is 2. The molecule has 0 radical (unpaired) electrons. The molecule has 0 bridgehead atoms. The standard InChI is InChI=1S/C30H31Cl3N2O3/c1-21-16-24(9-11-25(21)31)38-20-30(18-28(36)34(2)19-22-6-4-3-5-7-22)12-14-35(15-13-30)29(37)23-8-10-26(32)27(33)17-23/h3-11,16-17H,12-15,18-20H2,1-2H3. The summed E-state index contributed by atoms with van der Waals surface area (Å²) in [5.74, 6) is 0.665. The molecule has 5 nitrogen and oxygen atoms in total. The Morgan fingerprint density at radius 2 is 1.61 bits per heavy atom. The second-order valence-electron chi connectivity index (χ2n) is 10.0. The maximum Gasteiger partial charge on any atom is 0.253 e. The van der Waals surface area contributed by atoms with Crippen LogP contribution in [0, 0.1) is 12.3 Å². The summed E-state index contributed by atoms with van der Waals surface area (Å²) in [5.41, 5.74) is 2.09. The van der Waals surface area contributed by atoms with Crippen LogP contribution < -0.4 is 4.74 Å². The maximum absolute atomic E-state index is 13.4. The number of amides is 2. The smallest absolute Gasteiger partial charge is 0.253 e. The topological polar surface area (TPSA) is 49.9 Å². The predicted octanol–water partition coefficient (Wildman–Crippen LogP) is 7.31. The summed E-state index contributed by atoms with van der Waals surface area (Å²) in [6, 6.07) is 20.4. The number of aryl methyl sites for hydroxylation is 1. The third-order valence-electron chi connectivity index (χ3n) is 7.17. The number of carbonyl (C=O) groups excluding carboxylic acids is 2. The monoisotopic (exact) mass is 572 g/mol. The van der Waals surface area contributed by atoms with Gasteiger partial charge >= 0.3 is 0 Å². The van der Waals surface area contributed by atoms with E-state index >= 15 is 0 Å². The number of benzene rings is 3. The summed E-state index contributed by atoms with van der Waals surface area (Å²) in [4.78, 5) is 30.1. The van der Waals surface area contributed by atoms with Crippen LogP contribution in [0.5, 0.6) is 5.75 Å². The highest BCUT2D eigenvalue weighted by atomic mass is 35.5. The second kappa shape index (κ2) is 12.4. The van der Waals surface area contributed by atoms with E-state index in [2.05, 4.69) is 0 Å². The fraction of sp³-hybridized carbons (Fsp3) is 0.333. The number of nitrogens with zero attached hydrogens (tertiary/aromatic N) is 2. The zero-order valence-corrected chi connectivity index (χ0v) is 23.8. The zero-order chi connectivity index (χ0) is 27.3. The van der Waals surface area contributed by atoms with Crippen molar-refractivity contribution in [2.75, 3.05) is 26.7 Å². The molecule has 0 spiro atoms. The van der Waals surface area contributed by atoms with Gasteiger partial charge in [0.25, 0.3) is 5.91 Å². The molecule has 0 atom stereocenters. The SMILES string of the molecule is Cc1cc(OCC2(CC(=O)N(C)Cc3ccccc3)CCN(C(=O)c3ccc(Cl)c(Cl)c3)CC2)ccc1Cl. The van der Waals surface area contributed by atoms with Crippen LogP contribution in [-0.2, 0) is 11.3 Å². The number of likely N-dealkylation sites (tertiary alicyclic amines) is 1. The van der Waals surface area contributed by atoms with Gasteiger partial charge in [-0.25, -0.2) is 0 Å². The highest BCUT2D eigenvalue weighted by Gasteiger charge is 2.39. The van der Waals surface area contributed by atoms with Gasteiger partial charge in [0.15, 0.2) is 0 Å². The Hall–Kier alpha value is -2.73. The molecular weight excluding hydrogens is 543 g/mol. The van der Waals surface area contributed by atoms with Crippen molar-refractivity contribution in [2.45, 2.75) is 32.7 Å². The van der Waals surface area contributed by atoms with Gasteiger partial charge in [0.2, 0.25) is 5.91 Å². The van der Waals surface area contributed by atoms with E-state index < -0.39 is 5.41 Å². The number of halogens is 3. The molecule has 38 heavy (non-hydrogen) atoms. The number of hydrogen-bond donors (Lipinski definition) is 0. The van der Waals surface area contributed by atoms with Gasteiger partial charge in [-0.1, -0.05) is 65.1 Å². The quantitative estimate of drug-likeness (QED) is 0.284. The molecule has 200 valence electrons. The van der Waals surface area contributed by atoms with Crippen molar-refractivity contribution in [3.8, 4) is 5.75 Å². The minimum Gasteiger partial charge on any atom is -0.493 e. The molecule has 4 rings (SSSR count). The van der Waals surface area contributed by atoms with Crippen LogP contribution in [-0.4, -0.2) is 48.4 Å². The normalized spacial score (nSPS) is 14.7. The van der Waals surface area contributed by atoms with E-state index in [0.717, 1.165) is 11.1 Å². The van der Waals surface area contributed by atoms with Gasteiger partial charge in [0, 0.05) is 49.1 Å². The van der Waals surface area contributed by atoms with Gasteiger partial charge in [-0.2, -0.15) is 0 Å². The van der Waals surface area contributed by atoms with Crippen LogP contribution in [0.4, 0.5) is 0 Å². The van der Waals surface area contributed by atoms with Gasteiger partial charge in [-0.05, 0) is 67.3 Å². The minimum absolute atomic E-state index is 0.0500. The third kappa shape index (κ3) is 7.02. The second-order valence-corrected chi connectivity index (χ2v) is 11.3. The van der Waals surface area contributed by atoms with Crippen LogP contribution in [0.2, 0.25) is 15.1 Å². The van der Waals surface area contributed by atoms with E-state index in [-0.39, 0.29) is 11.8 Å². The average molecular weight is 574 g/mol. The summed E-state index contributed by atoms with van der Waals surface area (Å²) in [5, 5.41) is 1.44. The fourth-order valence-electron chi connectivity index (χ4n) is 4.71. The molecule has 1 aliphatic heterocycles. The molecule has 0 N–H and O–H groups in total. The van der Waals surface area contributed by atoms with Crippen molar-refractivity contribution >= 4 is 46.6 Å². The average Bonchev–Trinajstić information content (AvgIpc) is 2.91. The number of piperidine rings is 1. The predicted molar refractivity (Wildman–Crippen MR) is 153 cm³/mol. The first-order valence-corrected chi connectivity index (χ1v) is 13.7. The Morgan fingerprint density at radius 3 is 2.26 bits per heavy atom. The molecule has 0 unspecified atom stereocenters. The van der Waals surface area contributed by atoms with E-state index in [1.165, 1.54) is 0 Å². The van der Waals surface area contributed by atoms with Gasteiger partial charge in [-0.15, -0.1) is 0 Å². The molecular formula is C30H31Cl3N2O3. The summed E-state index contributed by atoms with van der Waals surface area (Å²) in [7, 11) is 1.83. The molecule has 1 fully saturated rings. The van der Waals surface area contributed by atoms with E-state index in [9.17, 15) is 9.59 Å². The van der Waals surface area contributed by atoms with E-state index in [1.807, 2.05) is 67.4 Å².